The van der Waals surface area contributed by atoms with Crippen molar-refractivity contribution in [3.8, 4) is 17.6 Å². The highest BCUT2D eigenvalue weighted by molar-refractivity contribution is 7.93. The van der Waals surface area contributed by atoms with E-state index in [2.05, 4.69) is 14.1 Å². The molecule has 15 heteroatoms. The Labute approximate surface area is 180 Å². The number of hydrogen-bond acceptors (Lipinski definition) is 7. The monoisotopic (exact) mass is 494 g/mol. The van der Waals surface area contributed by atoms with Gasteiger partial charge in [-0.3, -0.25) is 4.72 Å². The molecule has 1 aromatic heterocycles. The third kappa shape index (κ3) is 5.26. The molecule has 0 atom stereocenters. The van der Waals surface area contributed by atoms with Crippen LogP contribution in [0, 0.1) is 11.3 Å². The van der Waals surface area contributed by atoms with Crippen molar-refractivity contribution in [3.63, 3.8) is 0 Å². The average molecular weight is 494 g/mol. The summed E-state index contributed by atoms with van der Waals surface area (Å²) in [6.07, 6.45) is -9.08. The van der Waals surface area contributed by atoms with Gasteiger partial charge in [-0.2, -0.15) is 36.0 Å². The van der Waals surface area contributed by atoms with Gasteiger partial charge in [0.2, 0.25) is 5.13 Å². The lowest BCUT2D eigenvalue weighted by atomic mass is 10.1. The minimum Gasteiger partial charge on any atom is -0.456 e. The lowest BCUT2D eigenvalue weighted by Gasteiger charge is -2.15. The fourth-order valence-electron chi connectivity index (χ4n) is 2.36. The van der Waals surface area contributed by atoms with E-state index in [4.69, 9.17) is 4.74 Å². The third-order valence-electron chi connectivity index (χ3n) is 3.75. The summed E-state index contributed by atoms with van der Waals surface area (Å²) < 4.78 is 114. The zero-order valence-corrected chi connectivity index (χ0v) is 16.8. The number of ether oxygens (including phenoxy) is 1. The van der Waals surface area contributed by atoms with Crippen molar-refractivity contribution >= 4 is 26.7 Å². The first-order valence-electron chi connectivity index (χ1n) is 8.10. The van der Waals surface area contributed by atoms with E-state index < -0.39 is 55.5 Å². The lowest BCUT2D eigenvalue weighted by Crippen LogP contribution is -2.13. The van der Waals surface area contributed by atoms with E-state index in [1.807, 2.05) is 0 Å². The number of hydrogen-bond donors (Lipinski definition) is 1. The van der Waals surface area contributed by atoms with Crippen molar-refractivity contribution in [2.45, 2.75) is 17.2 Å². The maximum Gasteiger partial charge on any atom is 0.416 e. The van der Waals surface area contributed by atoms with Crippen LogP contribution in [0.4, 0.5) is 31.5 Å². The number of alkyl halides is 6. The first-order chi connectivity index (χ1) is 14.8. The molecule has 0 aliphatic heterocycles. The summed E-state index contributed by atoms with van der Waals surface area (Å²) in [5, 5.41) is 9.22. The number of rotatable bonds is 5. The SMILES string of the molecule is N#Cc1cc(S(=O)(=O)Nc2ncns2)ccc1Oc1cc(C(F)(F)F)cc(C(F)(F)F)c1. The summed E-state index contributed by atoms with van der Waals surface area (Å²) in [4.78, 5) is 3.22. The summed E-state index contributed by atoms with van der Waals surface area (Å²) in [7, 11) is -4.20. The first kappa shape index (κ1) is 23.3. The van der Waals surface area contributed by atoms with Crippen molar-refractivity contribution in [2.75, 3.05) is 4.72 Å². The summed E-state index contributed by atoms with van der Waals surface area (Å²) in [5.74, 6) is -1.29. The molecule has 0 saturated carbocycles. The number of benzene rings is 2. The van der Waals surface area contributed by atoms with Crippen LogP contribution in [-0.4, -0.2) is 17.8 Å². The molecule has 32 heavy (non-hydrogen) atoms. The number of nitriles is 1. The predicted molar refractivity (Wildman–Crippen MR) is 98.4 cm³/mol. The summed E-state index contributed by atoms with van der Waals surface area (Å²) in [6, 6.07) is 4.91. The second kappa shape index (κ2) is 8.28. The van der Waals surface area contributed by atoms with E-state index in [-0.39, 0.29) is 11.2 Å². The maximum absolute atomic E-state index is 13.0. The fourth-order valence-corrected chi connectivity index (χ4v) is 4.04. The summed E-state index contributed by atoms with van der Waals surface area (Å²) in [6.45, 7) is 0. The fraction of sp³-hybridized carbons (Fsp3) is 0.118. The van der Waals surface area contributed by atoms with Crippen LogP contribution in [0.3, 0.4) is 0 Å². The molecule has 0 radical (unpaired) electrons. The second-order valence-corrected chi connectivity index (χ2v) is 8.43. The smallest absolute Gasteiger partial charge is 0.416 e. The van der Waals surface area contributed by atoms with Gasteiger partial charge in [0, 0.05) is 11.5 Å². The zero-order chi connectivity index (χ0) is 23.7. The van der Waals surface area contributed by atoms with E-state index >= 15 is 0 Å². The van der Waals surface area contributed by atoms with Gasteiger partial charge in [0.15, 0.2) is 0 Å². The standard InChI is InChI=1S/C17H8F6N4O3S2/c18-16(19,20)10-4-11(17(21,22)23)6-12(5-10)30-14-2-1-13(3-9(14)7-24)32(28,29)27-15-25-8-26-31-15/h1-6,8H,(H,25,26,27). The van der Waals surface area contributed by atoms with Gasteiger partial charge in [0.05, 0.1) is 21.6 Å². The highest BCUT2D eigenvalue weighted by Gasteiger charge is 2.37. The molecular formula is C17H8F6N4O3S2. The van der Waals surface area contributed by atoms with Crippen LogP contribution in [0.15, 0.2) is 47.6 Å². The molecule has 0 fully saturated rings. The molecule has 0 saturated heterocycles. The molecule has 168 valence electrons. The van der Waals surface area contributed by atoms with Crippen LogP contribution in [-0.2, 0) is 22.4 Å². The molecule has 2 aromatic carbocycles. The van der Waals surface area contributed by atoms with Gasteiger partial charge >= 0.3 is 12.4 Å². The Balaban J connectivity index is 1.99. The van der Waals surface area contributed by atoms with E-state index in [9.17, 15) is 40.0 Å². The number of aromatic nitrogens is 2. The Morgan fingerprint density at radius 3 is 2.12 bits per heavy atom. The van der Waals surface area contributed by atoms with Crippen molar-refractivity contribution < 1.29 is 39.5 Å². The second-order valence-electron chi connectivity index (χ2n) is 5.97. The minimum absolute atomic E-state index is 0.0625. The Bertz CT molecular complexity index is 1250. The van der Waals surface area contributed by atoms with Gasteiger partial charge < -0.3 is 4.74 Å². The number of nitrogens with zero attached hydrogens (tertiary/aromatic N) is 3. The Kier molecular flexibility index (Phi) is 6.03. The molecule has 3 rings (SSSR count). The van der Waals surface area contributed by atoms with Gasteiger partial charge in [-0.05, 0) is 36.4 Å². The minimum atomic E-state index is -5.09. The summed E-state index contributed by atoms with van der Waals surface area (Å²) in [5.41, 5.74) is -3.67. The normalized spacial score (nSPS) is 12.3. The Morgan fingerprint density at radius 1 is 1.00 bits per heavy atom. The van der Waals surface area contributed by atoms with Crippen molar-refractivity contribution in [1.29, 1.82) is 5.26 Å². The molecule has 1 heterocycles. The number of sulfonamides is 1. The molecule has 0 amide bonds. The van der Waals surface area contributed by atoms with Crippen LogP contribution in [0.5, 0.6) is 11.5 Å². The van der Waals surface area contributed by atoms with Crippen LogP contribution in [0.2, 0.25) is 0 Å². The molecule has 0 unspecified atom stereocenters. The molecule has 0 aliphatic rings. The first-order valence-corrected chi connectivity index (χ1v) is 10.4. The molecule has 3 aromatic rings. The highest BCUT2D eigenvalue weighted by atomic mass is 32.2. The van der Waals surface area contributed by atoms with Gasteiger partial charge in [-0.1, -0.05) is 0 Å². The van der Waals surface area contributed by atoms with Crippen molar-refractivity contribution in [1.82, 2.24) is 9.36 Å². The zero-order valence-electron chi connectivity index (χ0n) is 15.2. The van der Waals surface area contributed by atoms with Gasteiger partial charge in [-0.15, -0.1) is 0 Å². The molecule has 0 spiro atoms. The molecule has 0 bridgehead atoms. The average Bonchev–Trinajstić information content (AvgIpc) is 3.19. The predicted octanol–water partition coefficient (Wildman–Crippen LogP) is 5.04. The Hall–Kier alpha value is -3.38. The molecule has 1 N–H and O–H groups in total. The molecule has 0 aliphatic carbocycles. The molecule has 7 nitrogen and oxygen atoms in total. The quantitative estimate of drug-likeness (QED) is 0.499. The van der Waals surface area contributed by atoms with E-state index in [1.165, 1.54) is 0 Å². The van der Waals surface area contributed by atoms with Crippen LogP contribution in [0.25, 0.3) is 0 Å². The highest BCUT2D eigenvalue weighted by Crippen LogP contribution is 2.39. The lowest BCUT2D eigenvalue weighted by molar-refractivity contribution is -0.143. The van der Waals surface area contributed by atoms with Gasteiger partial charge in [0.1, 0.15) is 23.9 Å². The number of halogens is 6. The van der Waals surface area contributed by atoms with Gasteiger partial charge in [-0.25, -0.2) is 13.4 Å². The van der Waals surface area contributed by atoms with Crippen LogP contribution in [0.1, 0.15) is 16.7 Å². The van der Waals surface area contributed by atoms with Crippen LogP contribution < -0.4 is 9.46 Å². The van der Waals surface area contributed by atoms with E-state index in [0.29, 0.717) is 12.1 Å². The number of nitrogens with one attached hydrogen (secondary N) is 1. The van der Waals surface area contributed by atoms with Crippen molar-refractivity contribution in [3.05, 3.63) is 59.4 Å². The van der Waals surface area contributed by atoms with Crippen molar-refractivity contribution in [2.24, 2.45) is 0 Å². The van der Waals surface area contributed by atoms with Crippen LogP contribution >= 0.6 is 11.5 Å². The molecular weight excluding hydrogens is 486 g/mol. The third-order valence-corrected chi connectivity index (χ3v) is 5.80. The Morgan fingerprint density at radius 2 is 1.62 bits per heavy atom. The topological polar surface area (TPSA) is 105 Å². The maximum atomic E-state index is 13.0. The summed E-state index contributed by atoms with van der Waals surface area (Å²) >= 11 is 0.741. The van der Waals surface area contributed by atoms with E-state index in [0.717, 1.165) is 36.1 Å². The largest absolute Gasteiger partial charge is 0.456 e. The number of anilines is 1. The van der Waals surface area contributed by atoms with Gasteiger partial charge in [0.25, 0.3) is 10.0 Å². The van der Waals surface area contributed by atoms with E-state index in [1.54, 1.807) is 6.07 Å².